The molecular weight excluding hydrogens is 419 g/mol. The van der Waals surface area contributed by atoms with E-state index in [0.717, 1.165) is 17.7 Å². The molecule has 0 saturated carbocycles. The van der Waals surface area contributed by atoms with E-state index in [2.05, 4.69) is 4.99 Å². The van der Waals surface area contributed by atoms with Crippen molar-refractivity contribution in [3.63, 3.8) is 0 Å². The average molecular weight is 439 g/mol. The monoisotopic (exact) mass is 439 g/mol. The molecule has 4 nitrogen and oxygen atoms in total. The summed E-state index contributed by atoms with van der Waals surface area (Å²) < 4.78 is 56.3. The van der Waals surface area contributed by atoms with E-state index in [1.54, 1.807) is 43.5 Å². The zero-order chi connectivity index (χ0) is 22.7. The van der Waals surface area contributed by atoms with Gasteiger partial charge in [-0.05, 0) is 67.6 Å². The Balaban J connectivity index is 1.93. The van der Waals surface area contributed by atoms with Crippen molar-refractivity contribution in [1.29, 1.82) is 0 Å². The Morgan fingerprint density at radius 2 is 1.66 bits per heavy atom. The molecule has 0 aliphatic carbocycles. The second kappa shape index (κ2) is 8.78. The molecule has 0 amide bonds. The third kappa shape index (κ3) is 4.61. The molecule has 0 saturated heterocycles. The summed E-state index contributed by atoms with van der Waals surface area (Å²) >= 11 is 0. The molecule has 4 aromatic rings. The van der Waals surface area contributed by atoms with E-state index in [-0.39, 0.29) is 5.69 Å². The molecule has 0 unspecified atom stereocenters. The minimum absolute atomic E-state index is 0.190. The van der Waals surface area contributed by atoms with Crippen LogP contribution in [-0.4, -0.2) is 13.7 Å². The van der Waals surface area contributed by atoms with Gasteiger partial charge in [-0.2, -0.15) is 13.2 Å². The van der Waals surface area contributed by atoms with Gasteiger partial charge in [0, 0.05) is 17.0 Å². The highest BCUT2D eigenvalue weighted by atomic mass is 19.4. The molecule has 1 heterocycles. The van der Waals surface area contributed by atoms with Crippen LogP contribution in [0, 0.1) is 0 Å². The molecule has 0 aliphatic heterocycles. The van der Waals surface area contributed by atoms with Crippen LogP contribution in [0.25, 0.3) is 22.3 Å². The van der Waals surface area contributed by atoms with Crippen molar-refractivity contribution in [2.24, 2.45) is 4.99 Å². The molecule has 32 heavy (non-hydrogen) atoms. The van der Waals surface area contributed by atoms with Gasteiger partial charge < -0.3 is 13.9 Å². The first-order valence-electron chi connectivity index (χ1n) is 9.94. The Hall–Kier alpha value is -3.74. The Labute approximate surface area is 182 Å². The van der Waals surface area contributed by atoms with Gasteiger partial charge in [-0.3, -0.25) is 0 Å². The lowest BCUT2D eigenvalue weighted by Gasteiger charge is -2.09. The quantitative estimate of drug-likeness (QED) is 0.345. The zero-order valence-electron chi connectivity index (χ0n) is 17.4. The second-order valence-corrected chi connectivity index (χ2v) is 6.98. The van der Waals surface area contributed by atoms with E-state index in [0.29, 0.717) is 40.2 Å². The zero-order valence-corrected chi connectivity index (χ0v) is 17.4. The molecule has 0 fully saturated rings. The number of ether oxygens (including phenoxy) is 2. The molecule has 3 aromatic carbocycles. The van der Waals surface area contributed by atoms with E-state index < -0.39 is 11.7 Å². The van der Waals surface area contributed by atoms with Gasteiger partial charge in [0.1, 0.15) is 22.8 Å². The fraction of sp³-hybridized carbons (Fsp3) is 0.160. The number of rotatable bonds is 5. The van der Waals surface area contributed by atoms with Crippen LogP contribution < -0.4 is 14.8 Å². The predicted octanol–water partition coefficient (Wildman–Crippen LogP) is 6.76. The molecule has 0 radical (unpaired) electrons. The third-order valence-corrected chi connectivity index (χ3v) is 4.82. The topological polar surface area (TPSA) is 44.0 Å². The molecule has 0 bridgehead atoms. The van der Waals surface area contributed by atoms with E-state index >= 15 is 0 Å². The smallest absolute Gasteiger partial charge is 0.416 e. The molecule has 7 heteroatoms. The van der Waals surface area contributed by atoms with Crippen LogP contribution in [0.3, 0.4) is 0 Å². The van der Waals surface area contributed by atoms with Crippen molar-refractivity contribution in [3.05, 3.63) is 83.7 Å². The van der Waals surface area contributed by atoms with Gasteiger partial charge in [0.25, 0.3) is 0 Å². The Morgan fingerprint density at radius 3 is 2.34 bits per heavy atom. The minimum atomic E-state index is -4.45. The van der Waals surface area contributed by atoms with Crippen molar-refractivity contribution in [3.8, 4) is 22.8 Å². The average Bonchev–Trinajstić information content (AvgIpc) is 2.79. The van der Waals surface area contributed by atoms with Crippen LogP contribution in [0.2, 0.25) is 0 Å². The van der Waals surface area contributed by atoms with Crippen LogP contribution in [0.5, 0.6) is 11.5 Å². The lowest BCUT2D eigenvalue weighted by Crippen LogP contribution is -2.06. The van der Waals surface area contributed by atoms with Crippen LogP contribution in [0.1, 0.15) is 12.5 Å². The van der Waals surface area contributed by atoms with Crippen molar-refractivity contribution in [1.82, 2.24) is 0 Å². The molecule has 164 valence electrons. The van der Waals surface area contributed by atoms with Gasteiger partial charge >= 0.3 is 6.18 Å². The predicted molar refractivity (Wildman–Crippen MR) is 116 cm³/mol. The first-order valence-corrected chi connectivity index (χ1v) is 9.94. The number of fused-ring (bicyclic) bond motifs is 1. The standard InChI is InChI=1S/C25H20F3NO3/c1-3-31-20-11-12-23-21(14-20)22(29-18-6-4-5-17(13-18)25(26,27)28)15-24(32-23)16-7-9-19(30-2)10-8-16/h4-15H,3H2,1-2H3. The molecule has 0 aliphatic rings. The van der Waals surface area contributed by atoms with Gasteiger partial charge in [0.05, 0.1) is 30.3 Å². The number of methoxy groups -OCH3 is 1. The van der Waals surface area contributed by atoms with Crippen molar-refractivity contribution >= 4 is 16.7 Å². The summed E-state index contributed by atoms with van der Waals surface area (Å²) in [6.07, 6.45) is -4.45. The highest BCUT2D eigenvalue weighted by molar-refractivity contribution is 5.80. The number of benzene rings is 3. The highest BCUT2D eigenvalue weighted by Crippen LogP contribution is 2.32. The van der Waals surface area contributed by atoms with Crippen LogP contribution >= 0.6 is 0 Å². The van der Waals surface area contributed by atoms with E-state index in [1.165, 1.54) is 12.1 Å². The summed E-state index contributed by atoms with van der Waals surface area (Å²) in [5.41, 5.74) is 0.749. The second-order valence-electron chi connectivity index (χ2n) is 6.98. The van der Waals surface area contributed by atoms with Crippen LogP contribution in [0.4, 0.5) is 18.9 Å². The fourth-order valence-electron chi connectivity index (χ4n) is 3.29. The maximum atomic E-state index is 13.2. The summed E-state index contributed by atoms with van der Waals surface area (Å²) in [5.74, 6) is 1.84. The Kier molecular flexibility index (Phi) is 5.90. The molecule has 0 atom stereocenters. The fourth-order valence-corrected chi connectivity index (χ4v) is 3.29. The number of alkyl halides is 3. The molecular formula is C25H20F3NO3. The van der Waals surface area contributed by atoms with Crippen molar-refractivity contribution in [2.75, 3.05) is 13.7 Å². The van der Waals surface area contributed by atoms with Crippen molar-refractivity contribution in [2.45, 2.75) is 13.1 Å². The Bertz CT molecular complexity index is 1310. The van der Waals surface area contributed by atoms with Crippen molar-refractivity contribution < 1.29 is 27.1 Å². The Morgan fingerprint density at radius 1 is 0.906 bits per heavy atom. The number of hydrogen-bond donors (Lipinski definition) is 0. The van der Waals surface area contributed by atoms with E-state index in [4.69, 9.17) is 13.9 Å². The highest BCUT2D eigenvalue weighted by Gasteiger charge is 2.30. The van der Waals surface area contributed by atoms with Gasteiger partial charge in [-0.25, -0.2) is 4.99 Å². The largest absolute Gasteiger partial charge is 0.497 e. The third-order valence-electron chi connectivity index (χ3n) is 4.82. The minimum Gasteiger partial charge on any atom is -0.497 e. The van der Waals surface area contributed by atoms with Crippen LogP contribution in [-0.2, 0) is 6.18 Å². The van der Waals surface area contributed by atoms with Gasteiger partial charge in [-0.1, -0.05) is 6.07 Å². The molecule has 0 N–H and O–H groups in total. The molecule has 0 spiro atoms. The number of hydrogen-bond acceptors (Lipinski definition) is 4. The van der Waals surface area contributed by atoms with Gasteiger partial charge in [0.15, 0.2) is 0 Å². The van der Waals surface area contributed by atoms with E-state index in [1.807, 2.05) is 19.1 Å². The summed E-state index contributed by atoms with van der Waals surface area (Å²) in [6.45, 7) is 2.35. The summed E-state index contributed by atoms with van der Waals surface area (Å²) in [7, 11) is 1.58. The molecule has 1 aromatic heterocycles. The lowest BCUT2D eigenvalue weighted by atomic mass is 10.1. The first kappa shape index (κ1) is 21.5. The maximum absolute atomic E-state index is 13.2. The first-order chi connectivity index (χ1) is 15.4. The van der Waals surface area contributed by atoms with Crippen LogP contribution in [0.15, 0.2) is 82.2 Å². The van der Waals surface area contributed by atoms with E-state index in [9.17, 15) is 13.2 Å². The maximum Gasteiger partial charge on any atom is 0.416 e. The lowest BCUT2D eigenvalue weighted by molar-refractivity contribution is -0.137. The normalized spacial score (nSPS) is 12.2. The number of nitrogens with zero attached hydrogens (tertiary/aromatic N) is 1. The summed E-state index contributed by atoms with van der Waals surface area (Å²) in [6, 6.07) is 19.2. The van der Waals surface area contributed by atoms with Gasteiger partial charge in [-0.15, -0.1) is 0 Å². The number of halogens is 3. The SMILES string of the molecule is CCOc1ccc2oc(-c3ccc(OC)cc3)cc(=Nc3cccc(C(F)(F)F)c3)c2c1. The summed E-state index contributed by atoms with van der Waals surface area (Å²) in [4.78, 5) is 4.52. The van der Waals surface area contributed by atoms with Gasteiger partial charge in [0.2, 0.25) is 0 Å². The molecule has 4 rings (SSSR count). The summed E-state index contributed by atoms with van der Waals surface area (Å²) in [5, 5.41) is 1.10.